The maximum absolute atomic E-state index is 6.55. The number of benzene rings is 1. The van der Waals surface area contributed by atoms with Crippen molar-refractivity contribution in [3.05, 3.63) is 16.7 Å². The van der Waals surface area contributed by atoms with Crippen molar-refractivity contribution in [2.24, 2.45) is 5.73 Å². The first-order chi connectivity index (χ1) is 10.1. The van der Waals surface area contributed by atoms with Crippen molar-refractivity contribution in [2.75, 3.05) is 27.9 Å². The molecule has 0 aromatic heterocycles. The highest BCUT2D eigenvalue weighted by Gasteiger charge is 2.39. The molecule has 1 aromatic carbocycles. The van der Waals surface area contributed by atoms with Crippen LogP contribution >= 0.6 is 11.6 Å². The van der Waals surface area contributed by atoms with E-state index in [9.17, 15) is 0 Å². The summed E-state index contributed by atoms with van der Waals surface area (Å²) in [6.07, 6.45) is 5.61. The average molecular weight is 314 g/mol. The van der Waals surface area contributed by atoms with Crippen LogP contribution in [-0.2, 0) is 5.41 Å². The fourth-order valence-electron chi connectivity index (χ4n) is 3.41. The Morgan fingerprint density at radius 3 is 2.14 bits per heavy atom. The van der Waals surface area contributed by atoms with Crippen LogP contribution in [0.1, 0.15) is 37.7 Å². The second-order valence-electron chi connectivity index (χ2n) is 5.55. The molecule has 1 saturated carbocycles. The molecule has 0 amide bonds. The van der Waals surface area contributed by atoms with Gasteiger partial charge in [0.2, 0.25) is 5.75 Å². The van der Waals surface area contributed by atoms with Gasteiger partial charge in [0.1, 0.15) is 0 Å². The third kappa shape index (κ3) is 2.79. The molecule has 21 heavy (non-hydrogen) atoms. The molecule has 0 bridgehead atoms. The Bertz CT molecular complexity index is 499. The van der Waals surface area contributed by atoms with E-state index in [4.69, 9.17) is 31.5 Å². The Kier molecular flexibility index (Phi) is 5.22. The van der Waals surface area contributed by atoms with Crippen LogP contribution in [0, 0.1) is 0 Å². The van der Waals surface area contributed by atoms with Crippen LogP contribution < -0.4 is 19.9 Å². The van der Waals surface area contributed by atoms with Gasteiger partial charge in [0.25, 0.3) is 0 Å². The predicted octanol–water partition coefficient (Wildman–Crippen LogP) is 3.53. The lowest BCUT2D eigenvalue weighted by Gasteiger charge is -2.38. The molecule has 0 aliphatic heterocycles. The summed E-state index contributed by atoms with van der Waals surface area (Å²) in [7, 11) is 4.82. The summed E-state index contributed by atoms with van der Waals surface area (Å²) in [5.41, 5.74) is 6.96. The Balaban J connectivity index is 2.66. The maximum atomic E-state index is 6.55. The normalized spacial score (nSPS) is 17.4. The minimum atomic E-state index is -0.139. The zero-order valence-corrected chi connectivity index (χ0v) is 13.8. The fourth-order valence-corrected chi connectivity index (χ4v) is 3.79. The van der Waals surface area contributed by atoms with Crippen molar-refractivity contribution in [3.8, 4) is 17.2 Å². The van der Waals surface area contributed by atoms with Gasteiger partial charge < -0.3 is 19.9 Å². The lowest BCUT2D eigenvalue weighted by Crippen LogP contribution is -2.37. The van der Waals surface area contributed by atoms with E-state index < -0.39 is 0 Å². The van der Waals surface area contributed by atoms with Crippen molar-refractivity contribution in [1.82, 2.24) is 0 Å². The zero-order chi connectivity index (χ0) is 15.5. The average Bonchev–Trinajstić information content (AvgIpc) is 2.54. The van der Waals surface area contributed by atoms with Crippen molar-refractivity contribution in [2.45, 2.75) is 37.5 Å². The Labute approximate surface area is 131 Å². The number of hydrogen-bond acceptors (Lipinski definition) is 4. The monoisotopic (exact) mass is 313 g/mol. The van der Waals surface area contributed by atoms with Crippen molar-refractivity contribution in [1.29, 1.82) is 0 Å². The van der Waals surface area contributed by atoms with Gasteiger partial charge in [-0.2, -0.15) is 0 Å². The molecule has 1 fully saturated rings. The van der Waals surface area contributed by atoms with E-state index in [2.05, 4.69) is 0 Å². The number of rotatable bonds is 5. The van der Waals surface area contributed by atoms with E-state index in [0.717, 1.165) is 31.2 Å². The highest BCUT2D eigenvalue weighted by atomic mass is 35.5. The number of halogens is 1. The van der Waals surface area contributed by atoms with Gasteiger partial charge in [0, 0.05) is 23.6 Å². The van der Waals surface area contributed by atoms with Crippen molar-refractivity contribution in [3.63, 3.8) is 0 Å². The first-order valence-electron chi connectivity index (χ1n) is 7.32. The van der Waals surface area contributed by atoms with Crippen LogP contribution in [-0.4, -0.2) is 27.9 Å². The second-order valence-corrected chi connectivity index (χ2v) is 5.95. The van der Waals surface area contributed by atoms with Crippen LogP contribution in [0.2, 0.25) is 5.02 Å². The second kappa shape index (κ2) is 6.75. The van der Waals surface area contributed by atoms with Crippen LogP contribution in [0.4, 0.5) is 0 Å². The van der Waals surface area contributed by atoms with Gasteiger partial charge >= 0.3 is 0 Å². The van der Waals surface area contributed by atoms with Crippen LogP contribution in [0.5, 0.6) is 17.2 Å². The molecule has 0 spiro atoms. The molecule has 5 heteroatoms. The van der Waals surface area contributed by atoms with E-state index in [0.29, 0.717) is 28.8 Å². The SMILES string of the molecule is COc1cc(Cl)c(C2(CN)CCCCC2)c(OC)c1OC. The largest absolute Gasteiger partial charge is 0.493 e. The highest BCUT2D eigenvalue weighted by molar-refractivity contribution is 6.32. The Hall–Kier alpha value is -1.13. The van der Waals surface area contributed by atoms with E-state index in [1.165, 1.54) is 6.42 Å². The quantitative estimate of drug-likeness (QED) is 0.903. The molecule has 0 atom stereocenters. The van der Waals surface area contributed by atoms with E-state index in [1.807, 2.05) is 0 Å². The molecular weight excluding hydrogens is 290 g/mol. The van der Waals surface area contributed by atoms with Gasteiger partial charge in [-0.3, -0.25) is 0 Å². The first-order valence-corrected chi connectivity index (χ1v) is 7.70. The van der Waals surface area contributed by atoms with Crippen LogP contribution in [0.15, 0.2) is 6.07 Å². The van der Waals surface area contributed by atoms with Crippen molar-refractivity contribution >= 4 is 11.6 Å². The molecular formula is C16H24ClNO3. The van der Waals surface area contributed by atoms with Crippen LogP contribution in [0.3, 0.4) is 0 Å². The van der Waals surface area contributed by atoms with E-state index >= 15 is 0 Å². The number of methoxy groups -OCH3 is 3. The Morgan fingerprint density at radius 2 is 1.67 bits per heavy atom. The number of hydrogen-bond donors (Lipinski definition) is 1. The standard InChI is InChI=1S/C16H24ClNO3/c1-19-12-9-11(17)13(15(21-3)14(12)20-2)16(10-18)7-5-4-6-8-16/h9H,4-8,10,18H2,1-3H3. The zero-order valence-electron chi connectivity index (χ0n) is 13.0. The predicted molar refractivity (Wildman–Crippen MR) is 84.9 cm³/mol. The lowest BCUT2D eigenvalue weighted by atomic mass is 9.69. The number of ether oxygens (including phenoxy) is 3. The van der Waals surface area contributed by atoms with E-state index in [1.54, 1.807) is 27.4 Å². The molecule has 0 radical (unpaired) electrons. The van der Waals surface area contributed by atoms with Gasteiger partial charge in [0.15, 0.2) is 11.5 Å². The topological polar surface area (TPSA) is 53.7 Å². The van der Waals surface area contributed by atoms with Gasteiger partial charge in [0.05, 0.1) is 26.4 Å². The molecule has 0 saturated heterocycles. The summed E-state index contributed by atoms with van der Waals surface area (Å²) >= 11 is 6.55. The molecule has 2 N–H and O–H groups in total. The smallest absolute Gasteiger partial charge is 0.203 e. The first kappa shape index (κ1) is 16.2. The van der Waals surface area contributed by atoms with E-state index in [-0.39, 0.29) is 5.41 Å². The summed E-state index contributed by atoms with van der Waals surface area (Å²) in [4.78, 5) is 0. The van der Waals surface area contributed by atoms with Crippen molar-refractivity contribution < 1.29 is 14.2 Å². The molecule has 118 valence electrons. The molecule has 2 rings (SSSR count). The summed E-state index contributed by atoms with van der Waals surface area (Å²) < 4.78 is 16.5. The van der Waals surface area contributed by atoms with Gasteiger partial charge in [-0.15, -0.1) is 0 Å². The summed E-state index contributed by atoms with van der Waals surface area (Å²) in [6, 6.07) is 1.80. The molecule has 0 heterocycles. The third-order valence-corrected chi connectivity index (χ3v) is 4.81. The van der Waals surface area contributed by atoms with Crippen LogP contribution in [0.25, 0.3) is 0 Å². The summed E-state index contributed by atoms with van der Waals surface area (Å²) in [6.45, 7) is 0.554. The highest BCUT2D eigenvalue weighted by Crippen LogP contribution is 2.52. The Morgan fingerprint density at radius 1 is 1.05 bits per heavy atom. The van der Waals surface area contributed by atoms with Gasteiger partial charge in [-0.05, 0) is 12.8 Å². The van der Waals surface area contributed by atoms with Gasteiger partial charge in [-0.25, -0.2) is 0 Å². The molecule has 1 aromatic rings. The molecule has 1 aliphatic carbocycles. The minimum absolute atomic E-state index is 0.139. The summed E-state index contributed by atoms with van der Waals surface area (Å²) in [5.74, 6) is 1.80. The molecule has 1 aliphatic rings. The lowest BCUT2D eigenvalue weighted by molar-refractivity contribution is 0.276. The fraction of sp³-hybridized carbons (Fsp3) is 0.625. The molecule has 0 unspecified atom stereocenters. The minimum Gasteiger partial charge on any atom is -0.493 e. The molecule has 4 nitrogen and oxygen atoms in total. The maximum Gasteiger partial charge on any atom is 0.203 e. The third-order valence-electron chi connectivity index (χ3n) is 4.51. The summed E-state index contributed by atoms with van der Waals surface area (Å²) in [5, 5.41) is 0.636. The number of nitrogens with two attached hydrogens (primary N) is 1. The van der Waals surface area contributed by atoms with Gasteiger partial charge in [-0.1, -0.05) is 30.9 Å².